The molecule has 1 atom stereocenters. The fraction of sp³-hybridized carbons (Fsp3) is 0.533. The summed E-state index contributed by atoms with van der Waals surface area (Å²) in [5.41, 5.74) is 0.579. The number of amides is 1. The Morgan fingerprint density at radius 1 is 1.45 bits per heavy atom. The van der Waals surface area contributed by atoms with Gasteiger partial charge in [0, 0.05) is 25.3 Å². The fourth-order valence-corrected chi connectivity index (χ4v) is 2.67. The topological polar surface area (TPSA) is 69.0 Å². The molecule has 2 heterocycles. The molecular formula is C15H18N4O. The summed E-state index contributed by atoms with van der Waals surface area (Å²) in [6, 6.07) is 6.12. The number of rotatable bonds is 3. The van der Waals surface area contributed by atoms with E-state index in [2.05, 4.69) is 21.3 Å². The fourth-order valence-electron chi connectivity index (χ4n) is 2.67. The van der Waals surface area contributed by atoms with E-state index in [0.717, 1.165) is 32.2 Å². The zero-order valence-corrected chi connectivity index (χ0v) is 11.4. The average Bonchev–Trinajstić information content (AvgIpc) is 3.31. The molecule has 1 saturated heterocycles. The first kappa shape index (κ1) is 12.9. The Bertz CT molecular complexity index is 547. The number of piperidine rings is 1. The number of carbonyl (C=O) groups excluding carboxylic acids is 1. The number of anilines is 1. The highest BCUT2D eigenvalue weighted by atomic mass is 16.2. The summed E-state index contributed by atoms with van der Waals surface area (Å²) < 4.78 is 0. The largest absolute Gasteiger partial charge is 0.355 e. The van der Waals surface area contributed by atoms with Gasteiger partial charge in [0.05, 0.1) is 11.5 Å². The minimum Gasteiger partial charge on any atom is -0.355 e. The molecule has 2 aliphatic rings. The monoisotopic (exact) mass is 270 g/mol. The average molecular weight is 270 g/mol. The molecule has 0 radical (unpaired) electrons. The Morgan fingerprint density at radius 3 is 3.05 bits per heavy atom. The second kappa shape index (κ2) is 5.49. The van der Waals surface area contributed by atoms with Crippen LogP contribution in [0.2, 0.25) is 0 Å². The number of nitrogens with one attached hydrogen (secondary N) is 1. The van der Waals surface area contributed by atoms with Gasteiger partial charge >= 0.3 is 0 Å². The van der Waals surface area contributed by atoms with Crippen molar-refractivity contribution in [1.82, 2.24) is 10.3 Å². The quantitative estimate of drug-likeness (QED) is 0.902. The molecule has 2 fully saturated rings. The van der Waals surface area contributed by atoms with E-state index in [9.17, 15) is 4.79 Å². The van der Waals surface area contributed by atoms with Crippen molar-refractivity contribution in [2.75, 3.05) is 18.0 Å². The van der Waals surface area contributed by atoms with Crippen molar-refractivity contribution in [3.05, 3.63) is 23.9 Å². The Morgan fingerprint density at radius 2 is 2.30 bits per heavy atom. The Hall–Kier alpha value is -2.09. The summed E-state index contributed by atoms with van der Waals surface area (Å²) >= 11 is 0. The molecule has 1 amide bonds. The predicted octanol–water partition coefficient (Wildman–Crippen LogP) is 1.45. The number of hydrogen-bond acceptors (Lipinski definition) is 4. The Kier molecular flexibility index (Phi) is 3.55. The molecular weight excluding hydrogens is 252 g/mol. The molecule has 104 valence electrons. The molecule has 5 heteroatoms. The second-order valence-electron chi connectivity index (χ2n) is 5.55. The molecule has 1 N–H and O–H groups in total. The Labute approximate surface area is 118 Å². The van der Waals surface area contributed by atoms with Crippen molar-refractivity contribution in [2.24, 2.45) is 5.92 Å². The summed E-state index contributed by atoms with van der Waals surface area (Å²) in [5.74, 6) is 0.878. The van der Waals surface area contributed by atoms with Crippen LogP contribution in [0.25, 0.3) is 0 Å². The maximum atomic E-state index is 12.2. The van der Waals surface area contributed by atoms with Crippen LogP contribution in [-0.4, -0.2) is 30.0 Å². The lowest BCUT2D eigenvalue weighted by Crippen LogP contribution is -2.44. The third kappa shape index (κ3) is 2.74. The van der Waals surface area contributed by atoms with Gasteiger partial charge in [-0.05, 0) is 37.8 Å². The molecule has 5 nitrogen and oxygen atoms in total. The minimum absolute atomic E-state index is 0.0119. The molecule has 1 aromatic heterocycles. The highest BCUT2D eigenvalue weighted by Crippen LogP contribution is 2.25. The molecule has 1 unspecified atom stereocenters. The maximum absolute atomic E-state index is 12.2. The van der Waals surface area contributed by atoms with E-state index in [-0.39, 0.29) is 11.8 Å². The summed E-state index contributed by atoms with van der Waals surface area (Å²) in [6.07, 6.45) is 5.81. The van der Waals surface area contributed by atoms with Gasteiger partial charge in [0.25, 0.3) is 0 Å². The van der Waals surface area contributed by atoms with Crippen molar-refractivity contribution in [1.29, 1.82) is 5.26 Å². The van der Waals surface area contributed by atoms with Gasteiger partial charge in [-0.25, -0.2) is 4.98 Å². The number of aromatic nitrogens is 1. The zero-order valence-electron chi connectivity index (χ0n) is 11.4. The van der Waals surface area contributed by atoms with Crippen LogP contribution in [0.5, 0.6) is 0 Å². The van der Waals surface area contributed by atoms with Crippen molar-refractivity contribution >= 4 is 11.7 Å². The first-order valence-corrected chi connectivity index (χ1v) is 7.18. The van der Waals surface area contributed by atoms with Gasteiger partial charge in [0.15, 0.2) is 0 Å². The van der Waals surface area contributed by atoms with Crippen molar-refractivity contribution in [3.8, 4) is 6.07 Å². The van der Waals surface area contributed by atoms with Gasteiger partial charge < -0.3 is 10.2 Å². The predicted molar refractivity (Wildman–Crippen MR) is 75.1 cm³/mol. The van der Waals surface area contributed by atoms with Crippen molar-refractivity contribution < 1.29 is 4.79 Å². The summed E-state index contributed by atoms with van der Waals surface area (Å²) in [7, 11) is 0. The van der Waals surface area contributed by atoms with Gasteiger partial charge in [0.2, 0.25) is 5.91 Å². The summed E-state index contributed by atoms with van der Waals surface area (Å²) in [5, 5.41) is 12.2. The van der Waals surface area contributed by atoms with Gasteiger partial charge in [-0.3, -0.25) is 4.79 Å². The molecule has 20 heavy (non-hydrogen) atoms. The lowest BCUT2D eigenvalue weighted by atomic mass is 9.96. The van der Waals surface area contributed by atoms with E-state index >= 15 is 0 Å². The minimum atomic E-state index is 0.0119. The SMILES string of the molecule is N#Cc1cccnc1N1CCCC(C(=O)NC2CC2)C1. The number of carbonyl (C=O) groups is 1. The molecule has 1 aliphatic heterocycles. The molecule has 0 spiro atoms. The van der Waals surface area contributed by atoms with E-state index in [1.165, 1.54) is 0 Å². The van der Waals surface area contributed by atoms with E-state index in [1.807, 2.05) is 0 Å². The maximum Gasteiger partial charge on any atom is 0.225 e. The van der Waals surface area contributed by atoms with Crippen LogP contribution >= 0.6 is 0 Å². The first-order valence-electron chi connectivity index (χ1n) is 7.18. The number of hydrogen-bond donors (Lipinski definition) is 1. The van der Waals surface area contributed by atoms with E-state index < -0.39 is 0 Å². The first-order chi connectivity index (χ1) is 9.78. The smallest absolute Gasteiger partial charge is 0.225 e. The van der Waals surface area contributed by atoms with Crippen LogP contribution in [0.4, 0.5) is 5.82 Å². The molecule has 1 saturated carbocycles. The number of pyridine rings is 1. The second-order valence-corrected chi connectivity index (χ2v) is 5.55. The Balaban J connectivity index is 1.71. The van der Waals surface area contributed by atoms with E-state index in [1.54, 1.807) is 18.3 Å². The molecule has 0 bridgehead atoms. The van der Waals surface area contributed by atoms with Gasteiger partial charge in [-0.15, -0.1) is 0 Å². The summed E-state index contributed by atoms with van der Waals surface area (Å²) in [4.78, 5) is 18.5. The standard InChI is InChI=1S/C15H18N4O/c16-9-11-3-1-7-17-14(11)19-8-2-4-12(10-19)15(20)18-13-5-6-13/h1,3,7,12-13H,2,4-6,8,10H2,(H,18,20). The molecule has 0 aromatic carbocycles. The van der Waals surface area contributed by atoms with Gasteiger partial charge in [0.1, 0.15) is 11.9 Å². The van der Waals surface area contributed by atoms with E-state index in [4.69, 9.17) is 5.26 Å². The van der Waals surface area contributed by atoms with Gasteiger partial charge in [-0.2, -0.15) is 5.26 Å². The van der Waals surface area contributed by atoms with Crippen LogP contribution in [0.1, 0.15) is 31.2 Å². The van der Waals surface area contributed by atoms with Crippen LogP contribution in [0.15, 0.2) is 18.3 Å². The third-order valence-electron chi connectivity index (χ3n) is 3.92. The van der Waals surface area contributed by atoms with Crippen LogP contribution < -0.4 is 10.2 Å². The highest BCUT2D eigenvalue weighted by molar-refractivity contribution is 5.80. The normalized spacial score (nSPS) is 22.1. The zero-order chi connectivity index (χ0) is 13.9. The van der Waals surface area contributed by atoms with Gasteiger partial charge in [-0.1, -0.05) is 0 Å². The highest BCUT2D eigenvalue weighted by Gasteiger charge is 2.31. The number of nitriles is 1. The van der Waals surface area contributed by atoms with Crippen LogP contribution in [0, 0.1) is 17.2 Å². The van der Waals surface area contributed by atoms with E-state index in [0.29, 0.717) is 24.0 Å². The molecule has 3 rings (SSSR count). The van der Waals surface area contributed by atoms with Crippen LogP contribution in [-0.2, 0) is 4.79 Å². The lowest BCUT2D eigenvalue weighted by molar-refractivity contribution is -0.125. The van der Waals surface area contributed by atoms with Crippen LogP contribution in [0.3, 0.4) is 0 Å². The summed E-state index contributed by atoms with van der Waals surface area (Å²) in [6.45, 7) is 1.52. The lowest BCUT2D eigenvalue weighted by Gasteiger charge is -2.33. The van der Waals surface area contributed by atoms with Crippen molar-refractivity contribution in [3.63, 3.8) is 0 Å². The number of nitrogens with zero attached hydrogens (tertiary/aromatic N) is 3. The van der Waals surface area contributed by atoms with Crippen molar-refractivity contribution in [2.45, 2.75) is 31.7 Å². The third-order valence-corrected chi connectivity index (χ3v) is 3.92. The molecule has 1 aliphatic carbocycles. The molecule has 1 aromatic rings.